The van der Waals surface area contributed by atoms with Crippen LogP contribution in [-0.4, -0.2) is 11.1 Å². The number of hydrogen-bond donors (Lipinski definition) is 1. The molecular formula is C20H34O2. The molecule has 0 unspecified atom stereocenters. The Morgan fingerprint density at radius 3 is 1.77 bits per heavy atom. The molecule has 0 aliphatic carbocycles. The summed E-state index contributed by atoms with van der Waals surface area (Å²) >= 11 is 0. The molecule has 22 heavy (non-hydrogen) atoms. The third kappa shape index (κ3) is 18.7. The van der Waals surface area contributed by atoms with Gasteiger partial charge in [-0.15, -0.1) is 0 Å². The number of hydrogen-bond acceptors (Lipinski definition) is 1. The fourth-order valence-corrected chi connectivity index (χ4v) is 2.22. The summed E-state index contributed by atoms with van der Waals surface area (Å²) < 4.78 is 0. The molecule has 0 saturated carbocycles. The third-order valence-corrected chi connectivity index (χ3v) is 3.54. The van der Waals surface area contributed by atoms with E-state index in [1.54, 1.807) is 0 Å². The highest BCUT2D eigenvalue weighted by Gasteiger charge is 1.94. The van der Waals surface area contributed by atoms with Crippen molar-refractivity contribution in [2.75, 3.05) is 0 Å². The van der Waals surface area contributed by atoms with E-state index in [0.717, 1.165) is 32.1 Å². The Morgan fingerprint density at radius 1 is 0.727 bits per heavy atom. The van der Waals surface area contributed by atoms with Gasteiger partial charge in [0, 0.05) is 6.42 Å². The van der Waals surface area contributed by atoms with E-state index >= 15 is 0 Å². The predicted molar refractivity (Wildman–Crippen MR) is 96.1 cm³/mol. The van der Waals surface area contributed by atoms with Crippen LogP contribution in [-0.2, 0) is 4.79 Å². The molecule has 0 heterocycles. The maximum Gasteiger partial charge on any atom is 0.303 e. The molecule has 0 aromatic carbocycles. The van der Waals surface area contributed by atoms with Crippen molar-refractivity contribution in [3.05, 3.63) is 36.5 Å². The number of unbranched alkanes of at least 4 members (excludes halogenated alkanes) is 8. The molecule has 0 atom stereocenters. The lowest BCUT2D eigenvalue weighted by Gasteiger charge is -1.97. The number of carboxylic acid groups (broad SMARTS) is 1. The molecule has 0 spiro atoms. The average molecular weight is 306 g/mol. The lowest BCUT2D eigenvalue weighted by Crippen LogP contribution is -1.93. The monoisotopic (exact) mass is 306 g/mol. The van der Waals surface area contributed by atoms with Gasteiger partial charge in [-0.3, -0.25) is 4.79 Å². The highest BCUT2D eigenvalue weighted by Crippen LogP contribution is 2.08. The normalized spacial score (nSPS) is 12.0. The lowest BCUT2D eigenvalue weighted by atomic mass is 10.1. The molecule has 2 heteroatoms. The SMILES string of the molecule is CCC=CC=CCCCCCCC=CCCCCCC(=O)O. The summed E-state index contributed by atoms with van der Waals surface area (Å²) in [7, 11) is 0. The zero-order chi connectivity index (χ0) is 16.3. The summed E-state index contributed by atoms with van der Waals surface area (Å²) in [6.07, 6.45) is 26.3. The van der Waals surface area contributed by atoms with Crippen molar-refractivity contribution in [2.45, 2.75) is 84.0 Å². The smallest absolute Gasteiger partial charge is 0.303 e. The van der Waals surface area contributed by atoms with Crippen LogP contribution in [0, 0.1) is 0 Å². The van der Waals surface area contributed by atoms with E-state index in [0.29, 0.717) is 6.42 Å². The molecule has 2 nitrogen and oxygen atoms in total. The van der Waals surface area contributed by atoms with Crippen LogP contribution in [0.4, 0.5) is 0 Å². The summed E-state index contributed by atoms with van der Waals surface area (Å²) in [6, 6.07) is 0. The summed E-state index contributed by atoms with van der Waals surface area (Å²) in [6.45, 7) is 2.15. The Hall–Kier alpha value is -1.31. The van der Waals surface area contributed by atoms with Gasteiger partial charge in [-0.25, -0.2) is 0 Å². The summed E-state index contributed by atoms with van der Waals surface area (Å²) in [5, 5.41) is 8.52. The molecule has 0 aromatic heterocycles. The van der Waals surface area contributed by atoms with E-state index in [-0.39, 0.29) is 0 Å². The van der Waals surface area contributed by atoms with Gasteiger partial charge in [0.15, 0.2) is 0 Å². The van der Waals surface area contributed by atoms with Crippen molar-refractivity contribution in [3.63, 3.8) is 0 Å². The van der Waals surface area contributed by atoms with Crippen molar-refractivity contribution in [1.29, 1.82) is 0 Å². The first-order valence-electron chi connectivity index (χ1n) is 8.95. The number of allylic oxidation sites excluding steroid dienone is 6. The first-order valence-corrected chi connectivity index (χ1v) is 8.95. The molecule has 0 aliphatic rings. The van der Waals surface area contributed by atoms with Crippen LogP contribution in [0.5, 0.6) is 0 Å². The van der Waals surface area contributed by atoms with Crippen LogP contribution >= 0.6 is 0 Å². The van der Waals surface area contributed by atoms with Gasteiger partial charge >= 0.3 is 5.97 Å². The van der Waals surface area contributed by atoms with Crippen LogP contribution < -0.4 is 0 Å². The minimum absolute atomic E-state index is 0.313. The Kier molecular flexibility index (Phi) is 16.7. The van der Waals surface area contributed by atoms with Gasteiger partial charge < -0.3 is 5.11 Å². The van der Waals surface area contributed by atoms with E-state index in [1.165, 1.54) is 38.5 Å². The molecular weight excluding hydrogens is 272 g/mol. The molecule has 0 saturated heterocycles. The Bertz CT molecular complexity index is 327. The van der Waals surface area contributed by atoms with Gasteiger partial charge in [-0.05, 0) is 51.4 Å². The molecule has 0 rings (SSSR count). The predicted octanol–water partition coefficient (Wildman–Crippen LogP) is 6.44. The second-order valence-electron chi connectivity index (χ2n) is 5.72. The number of carbonyl (C=O) groups is 1. The molecule has 0 radical (unpaired) electrons. The van der Waals surface area contributed by atoms with E-state index in [2.05, 4.69) is 43.4 Å². The Balaban J connectivity index is 3.19. The van der Waals surface area contributed by atoms with Gasteiger partial charge in [0.05, 0.1) is 0 Å². The van der Waals surface area contributed by atoms with Crippen molar-refractivity contribution >= 4 is 5.97 Å². The molecule has 0 aliphatic heterocycles. The van der Waals surface area contributed by atoms with Crippen molar-refractivity contribution in [3.8, 4) is 0 Å². The molecule has 0 amide bonds. The van der Waals surface area contributed by atoms with Gasteiger partial charge in [-0.1, -0.05) is 62.6 Å². The zero-order valence-corrected chi connectivity index (χ0v) is 14.3. The Labute approximate surface area is 137 Å². The van der Waals surface area contributed by atoms with Gasteiger partial charge in [0.1, 0.15) is 0 Å². The minimum Gasteiger partial charge on any atom is -0.481 e. The minimum atomic E-state index is -0.677. The molecule has 1 N–H and O–H groups in total. The first kappa shape index (κ1) is 20.7. The van der Waals surface area contributed by atoms with E-state index in [1.807, 2.05) is 0 Å². The summed E-state index contributed by atoms with van der Waals surface area (Å²) in [5.41, 5.74) is 0. The van der Waals surface area contributed by atoms with Crippen molar-refractivity contribution in [2.24, 2.45) is 0 Å². The van der Waals surface area contributed by atoms with E-state index in [4.69, 9.17) is 5.11 Å². The standard InChI is InChI=1S/C20H34O2/c1-2-3-4-5-6-7-8-9-10-11-12-13-14-15-16-17-18-19-20(21)22/h3-6,13-14H,2,7-12,15-19H2,1H3,(H,21,22). The zero-order valence-electron chi connectivity index (χ0n) is 14.3. The van der Waals surface area contributed by atoms with Crippen LogP contribution in [0.2, 0.25) is 0 Å². The van der Waals surface area contributed by atoms with E-state index in [9.17, 15) is 4.79 Å². The molecule has 126 valence electrons. The van der Waals surface area contributed by atoms with Gasteiger partial charge in [0.25, 0.3) is 0 Å². The van der Waals surface area contributed by atoms with Crippen molar-refractivity contribution in [1.82, 2.24) is 0 Å². The maximum atomic E-state index is 10.3. The topological polar surface area (TPSA) is 37.3 Å². The van der Waals surface area contributed by atoms with Crippen LogP contribution in [0.15, 0.2) is 36.5 Å². The summed E-state index contributed by atoms with van der Waals surface area (Å²) in [5.74, 6) is -0.677. The fraction of sp³-hybridized carbons (Fsp3) is 0.650. The van der Waals surface area contributed by atoms with Crippen LogP contribution in [0.1, 0.15) is 84.0 Å². The van der Waals surface area contributed by atoms with Gasteiger partial charge in [0.2, 0.25) is 0 Å². The van der Waals surface area contributed by atoms with Crippen LogP contribution in [0.25, 0.3) is 0 Å². The van der Waals surface area contributed by atoms with Gasteiger partial charge in [-0.2, -0.15) is 0 Å². The number of rotatable bonds is 15. The largest absolute Gasteiger partial charge is 0.481 e. The number of aliphatic carboxylic acids is 1. The molecule has 0 fully saturated rings. The first-order chi connectivity index (χ1) is 10.8. The quantitative estimate of drug-likeness (QED) is 0.215. The highest BCUT2D eigenvalue weighted by molar-refractivity contribution is 5.66. The highest BCUT2D eigenvalue weighted by atomic mass is 16.4. The van der Waals surface area contributed by atoms with E-state index < -0.39 is 5.97 Å². The van der Waals surface area contributed by atoms with Crippen LogP contribution in [0.3, 0.4) is 0 Å². The molecule has 0 bridgehead atoms. The lowest BCUT2D eigenvalue weighted by molar-refractivity contribution is -0.137. The third-order valence-electron chi connectivity index (χ3n) is 3.54. The van der Waals surface area contributed by atoms with Crippen molar-refractivity contribution < 1.29 is 9.90 Å². The summed E-state index contributed by atoms with van der Waals surface area (Å²) in [4.78, 5) is 10.3. The second kappa shape index (κ2) is 17.7. The fourth-order valence-electron chi connectivity index (χ4n) is 2.22. The average Bonchev–Trinajstić information content (AvgIpc) is 2.50. The Morgan fingerprint density at radius 2 is 1.23 bits per heavy atom. The number of carboxylic acids is 1. The maximum absolute atomic E-state index is 10.3. The molecule has 0 aromatic rings. The second-order valence-corrected chi connectivity index (χ2v) is 5.72.